The van der Waals surface area contributed by atoms with Crippen LogP contribution in [-0.4, -0.2) is 9.97 Å². The maximum atomic E-state index is 8.04. The number of hydrogen-bond acceptors (Lipinski definition) is 3. The smallest absolute Gasteiger partial charge is 0.219 e. The Hall–Kier alpha value is -3.94. The normalized spacial score (nSPS) is 12.1. The second-order valence-electron chi connectivity index (χ2n) is 7.51. The molecular weight excluding hydrogens is 411 g/mol. The Morgan fingerprint density at radius 2 is 1.50 bits per heavy atom. The van der Waals surface area contributed by atoms with E-state index in [0.717, 1.165) is 22.3 Å². The Labute approximate surface area is 188 Å². The first-order valence-electron chi connectivity index (χ1n) is 10.9. The Kier molecular flexibility index (Phi) is 4.40. The van der Waals surface area contributed by atoms with Crippen molar-refractivity contribution in [2.45, 2.75) is 0 Å². The van der Waals surface area contributed by atoms with Gasteiger partial charge in [-0.3, -0.25) is 4.98 Å². The molecule has 3 aromatic carbocycles. The largest absolute Gasteiger partial charge is 0.439 e. The lowest BCUT2D eigenvalue weighted by molar-refractivity contribution is 0.463. The van der Waals surface area contributed by atoms with Crippen LogP contribution in [0.15, 0.2) is 115 Å². The van der Waals surface area contributed by atoms with Crippen LogP contribution < -0.4 is 4.74 Å². The van der Waals surface area contributed by atoms with Crippen molar-refractivity contribution >= 4 is 28.5 Å². The lowest BCUT2D eigenvalue weighted by Gasteiger charge is -2.08. The van der Waals surface area contributed by atoms with Crippen molar-refractivity contribution in [2.75, 3.05) is 0 Å². The van der Waals surface area contributed by atoms with Crippen molar-refractivity contribution in [1.82, 2.24) is 9.97 Å². The molecule has 6 rings (SSSR count). The molecule has 0 saturated carbocycles. The molecule has 0 spiro atoms. The van der Waals surface area contributed by atoms with Crippen molar-refractivity contribution in [3.63, 3.8) is 0 Å². The van der Waals surface area contributed by atoms with Gasteiger partial charge in [-0.25, -0.2) is 4.98 Å². The average Bonchev–Trinajstić information content (AvgIpc) is 3.18. The van der Waals surface area contributed by atoms with Crippen molar-refractivity contribution in [1.29, 1.82) is 0 Å². The van der Waals surface area contributed by atoms with Crippen LogP contribution in [0.1, 0.15) is 1.37 Å². The molecule has 6 aromatic rings. The predicted octanol–water partition coefficient (Wildman–Crippen LogP) is 8.22. The van der Waals surface area contributed by atoms with Gasteiger partial charge in [0.25, 0.3) is 0 Å². The number of hydrogen-bond donors (Lipinski definition) is 0. The highest BCUT2D eigenvalue weighted by Crippen LogP contribution is 2.54. The Morgan fingerprint density at radius 3 is 2.41 bits per heavy atom. The van der Waals surface area contributed by atoms with Crippen LogP contribution in [-0.2, 0) is 0 Å². The molecule has 0 radical (unpaired) electrons. The number of pyridine rings is 2. The second kappa shape index (κ2) is 7.96. The Balaban J connectivity index is 1.51. The maximum absolute atomic E-state index is 8.04. The summed E-state index contributed by atoms with van der Waals surface area (Å²) in [5.41, 5.74) is 3.18. The summed E-state index contributed by atoms with van der Waals surface area (Å²) in [6.45, 7) is 0. The van der Waals surface area contributed by atoms with Crippen molar-refractivity contribution in [2.24, 2.45) is 0 Å². The first kappa shape index (κ1) is 17.7. The predicted molar refractivity (Wildman–Crippen MR) is 133 cm³/mol. The Bertz CT molecular complexity index is 1610. The number of benzene rings is 3. The first-order valence-corrected chi connectivity index (χ1v) is 11.8. The van der Waals surface area contributed by atoms with E-state index in [1.165, 1.54) is 21.0 Å². The third-order valence-corrected chi connectivity index (χ3v) is 7.96. The van der Waals surface area contributed by atoms with Crippen molar-refractivity contribution in [3.8, 4) is 28.2 Å². The number of fused-ring (bicyclic) bond motifs is 3. The molecule has 152 valence electrons. The number of nitrogens with zero attached hydrogens (tertiary/aromatic N) is 2. The van der Waals surface area contributed by atoms with Gasteiger partial charge in [-0.15, -0.1) is 0 Å². The Morgan fingerprint density at radius 1 is 0.656 bits per heavy atom. The van der Waals surface area contributed by atoms with Gasteiger partial charge in [-0.05, 0) is 64.4 Å². The van der Waals surface area contributed by atoms with Gasteiger partial charge in [0, 0.05) is 28.7 Å². The minimum absolute atomic E-state index is 0.302. The van der Waals surface area contributed by atoms with Crippen molar-refractivity contribution < 1.29 is 6.11 Å². The standard InChI is InChI=1S/C28H19N2OP/c1-2-11-25-23(10-1)24-15-14-21(19-26(24)32(25)28-13-4-6-17-30-28)20-8-7-9-22(18-20)31-27-12-3-5-16-29-27/h1-19H/i17D. The molecule has 0 bridgehead atoms. The summed E-state index contributed by atoms with van der Waals surface area (Å²) in [6, 6.07) is 34.6. The number of ether oxygens (including phenoxy) is 1. The van der Waals surface area contributed by atoms with Crippen molar-refractivity contribution in [3.05, 3.63) is 115 Å². The summed E-state index contributed by atoms with van der Waals surface area (Å²) >= 11 is 0. The third kappa shape index (κ3) is 3.33. The van der Waals surface area contributed by atoms with Crippen LogP contribution in [0.3, 0.4) is 0 Å². The zero-order valence-electron chi connectivity index (χ0n) is 18.1. The fourth-order valence-electron chi connectivity index (χ4n) is 4.11. The second-order valence-corrected chi connectivity index (χ2v) is 9.60. The van der Waals surface area contributed by atoms with Crippen LogP contribution in [0.5, 0.6) is 11.6 Å². The van der Waals surface area contributed by atoms with E-state index in [9.17, 15) is 0 Å². The molecule has 1 atom stereocenters. The van der Waals surface area contributed by atoms with Gasteiger partial charge in [-0.1, -0.05) is 62.1 Å². The third-order valence-electron chi connectivity index (χ3n) is 5.53. The molecule has 3 nitrogen and oxygen atoms in total. The first-order chi connectivity index (χ1) is 16.3. The zero-order valence-corrected chi connectivity index (χ0v) is 18.0. The van der Waals surface area contributed by atoms with Crippen LogP contribution in [0.4, 0.5) is 0 Å². The lowest BCUT2D eigenvalue weighted by Crippen LogP contribution is -1.87. The van der Waals surface area contributed by atoms with E-state index in [2.05, 4.69) is 58.5 Å². The molecule has 4 heteroatoms. The highest BCUT2D eigenvalue weighted by Gasteiger charge is 2.15. The fourth-order valence-corrected chi connectivity index (χ4v) is 6.63. The van der Waals surface area contributed by atoms with Gasteiger partial charge in [-0.2, -0.15) is 0 Å². The molecule has 0 aliphatic heterocycles. The topological polar surface area (TPSA) is 35.0 Å². The van der Waals surface area contributed by atoms with E-state index in [-0.39, 0.29) is 0 Å². The summed E-state index contributed by atoms with van der Waals surface area (Å²) in [6.07, 6.45) is 2.02. The van der Waals surface area contributed by atoms with E-state index in [0.29, 0.717) is 12.1 Å². The molecular formula is C28H19N2OP. The maximum Gasteiger partial charge on any atom is 0.219 e. The zero-order chi connectivity index (χ0) is 22.2. The van der Waals surface area contributed by atoms with Crippen LogP contribution in [0.2, 0.25) is 0 Å². The summed E-state index contributed by atoms with van der Waals surface area (Å²) < 4.78 is 14.0. The van der Waals surface area contributed by atoms with Gasteiger partial charge >= 0.3 is 0 Å². The average molecular weight is 431 g/mol. The molecule has 0 aliphatic rings. The van der Waals surface area contributed by atoms with E-state index < -0.39 is 7.53 Å². The number of rotatable bonds is 4. The fraction of sp³-hybridized carbons (Fsp3) is 0. The van der Waals surface area contributed by atoms with Gasteiger partial charge in [0.15, 0.2) is 0 Å². The lowest BCUT2D eigenvalue weighted by atomic mass is 10.0. The molecule has 0 aliphatic carbocycles. The summed E-state index contributed by atoms with van der Waals surface area (Å²) in [7, 11) is -0.814. The van der Waals surface area contributed by atoms with Crippen LogP contribution >= 0.6 is 7.53 Å². The molecule has 0 amide bonds. The molecule has 0 saturated heterocycles. The SMILES string of the molecule is [2H]c1cccc(-p2c3ccccc3c3ccc(-c4cccc(Oc5ccccn5)c4)cc32)n1. The van der Waals surface area contributed by atoms with Crippen LogP contribution in [0.25, 0.3) is 37.6 Å². The van der Waals surface area contributed by atoms with Gasteiger partial charge < -0.3 is 4.74 Å². The molecule has 0 N–H and O–H groups in total. The van der Waals surface area contributed by atoms with E-state index in [1.54, 1.807) is 12.3 Å². The minimum Gasteiger partial charge on any atom is -0.439 e. The van der Waals surface area contributed by atoms with E-state index in [4.69, 9.17) is 6.11 Å². The molecule has 0 fully saturated rings. The highest BCUT2D eigenvalue weighted by molar-refractivity contribution is 7.67. The van der Waals surface area contributed by atoms with Gasteiger partial charge in [0.1, 0.15) is 5.75 Å². The summed E-state index contributed by atoms with van der Waals surface area (Å²) in [4.78, 5) is 8.84. The molecule has 3 heterocycles. The van der Waals surface area contributed by atoms with Gasteiger partial charge in [0.05, 0.1) is 6.81 Å². The molecule has 1 unspecified atom stereocenters. The van der Waals surface area contributed by atoms with E-state index in [1.807, 2.05) is 48.5 Å². The quantitative estimate of drug-likeness (QED) is 0.282. The number of aromatic nitrogens is 2. The highest BCUT2D eigenvalue weighted by atomic mass is 31.1. The van der Waals surface area contributed by atoms with E-state index >= 15 is 0 Å². The monoisotopic (exact) mass is 431 g/mol. The van der Waals surface area contributed by atoms with Crippen LogP contribution in [0, 0.1) is 0 Å². The minimum atomic E-state index is -0.814. The summed E-state index contributed by atoms with van der Waals surface area (Å²) in [5, 5.41) is 5.08. The summed E-state index contributed by atoms with van der Waals surface area (Å²) in [5.74, 6) is 1.32. The molecule has 3 aromatic heterocycles. The molecule has 32 heavy (non-hydrogen) atoms. The van der Waals surface area contributed by atoms with Gasteiger partial charge in [0.2, 0.25) is 5.88 Å².